The van der Waals surface area contributed by atoms with Gasteiger partial charge in [-0.15, -0.1) is 0 Å². The van der Waals surface area contributed by atoms with Gasteiger partial charge in [-0.1, -0.05) is 6.07 Å². The minimum atomic E-state index is -0.324. The Bertz CT molecular complexity index is 328. The second-order valence-electron chi connectivity index (χ2n) is 3.83. The number of hydrogen-bond acceptors (Lipinski definition) is 3. The number of benzene rings is 1. The topological polar surface area (TPSA) is 49.5 Å². The van der Waals surface area contributed by atoms with Crippen LogP contribution in [0.15, 0.2) is 18.2 Å². The smallest absolute Gasteiger partial charge is 0.146 e. The summed E-state index contributed by atoms with van der Waals surface area (Å²) in [5.74, 6) is -0.261. The van der Waals surface area contributed by atoms with Crippen LogP contribution in [0.1, 0.15) is 5.56 Å². The first kappa shape index (κ1) is 11.9. The normalized spacial score (nSPS) is 12.6. The summed E-state index contributed by atoms with van der Waals surface area (Å²) in [6, 6.07) is 4.68. The van der Waals surface area contributed by atoms with E-state index < -0.39 is 0 Å². The second kappa shape index (κ2) is 5.09. The number of hydrogen-bond donors (Lipinski definition) is 2. The van der Waals surface area contributed by atoms with E-state index in [-0.39, 0.29) is 18.5 Å². The predicted octanol–water partition coefficient (Wildman–Crippen LogP) is 0.754. The maximum atomic E-state index is 13.5. The highest BCUT2D eigenvalue weighted by Crippen LogP contribution is 2.18. The van der Waals surface area contributed by atoms with E-state index in [4.69, 9.17) is 10.8 Å². The molecule has 0 aliphatic rings. The Labute approximate surface area is 89.3 Å². The largest absolute Gasteiger partial charge is 0.395 e. The zero-order chi connectivity index (χ0) is 11.4. The Balaban J connectivity index is 2.82. The number of aliphatic hydroxyl groups excluding tert-OH is 1. The molecule has 3 nitrogen and oxygen atoms in total. The molecule has 0 saturated carbocycles. The standard InChI is InChI=1S/C11H17FN2O/c1-14(2)11-4-3-8(6-10(11)12)5-9(13)7-15/h3-4,6,9,15H,5,7,13H2,1-2H3. The van der Waals surface area contributed by atoms with E-state index in [0.717, 1.165) is 5.56 Å². The van der Waals surface area contributed by atoms with E-state index >= 15 is 0 Å². The molecule has 0 spiro atoms. The number of rotatable bonds is 4. The van der Waals surface area contributed by atoms with Crippen LogP contribution < -0.4 is 10.6 Å². The molecule has 15 heavy (non-hydrogen) atoms. The molecule has 0 amide bonds. The van der Waals surface area contributed by atoms with Gasteiger partial charge in [-0.25, -0.2) is 4.39 Å². The maximum absolute atomic E-state index is 13.5. The van der Waals surface area contributed by atoms with E-state index in [1.54, 1.807) is 25.1 Å². The molecule has 3 N–H and O–H groups in total. The predicted molar refractivity (Wildman–Crippen MR) is 59.5 cm³/mol. The molecule has 0 heterocycles. The lowest BCUT2D eigenvalue weighted by Crippen LogP contribution is -2.26. The van der Waals surface area contributed by atoms with Crippen molar-refractivity contribution in [2.24, 2.45) is 5.73 Å². The highest BCUT2D eigenvalue weighted by Gasteiger charge is 2.07. The molecule has 0 saturated heterocycles. The zero-order valence-electron chi connectivity index (χ0n) is 9.07. The van der Waals surface area contributed by atoms with Crippen molar-refractivity contribution in [3.05, 3.63) is 29.6 Å². The van der Waals surface area contributed by atoms with Gasteiger partial charge in [0.1, 0.15) is 5.82 Å². The van der Waals surface area contributed by atoms with E-state index in [2.05, 4.69) is 0 Å². The van der Waals surface area contributed by atoms with Crippen molar-refractivity contribution in [3.63, 3.8) is 0 Å². The fourth-order valence-electron chi connectivity index (χ4n) is 1.41. The van der Waals surface area contributed by atoms with Crippen LogP contribution in [0.3, 0.4) is 0 Å². The molecule has 1 unspecified atom stereocenters. The first-order valence-electron chi connectivity index (χ1n) is 4.86. The van der Waals surface area contributed by atoms with Crippen LogP contribution >= 0.6 is 0 Å². The van der Waals surface area contributed by atoms with Crippen LogP contribution in [0, 0.1) is 5.82 Å². The number of nitrogens with two attached hydrogens (primary N) is 1. The third-order valence-corrected chi connectivity index (χ3v) is 2.23. The van der Waals surface area contributed by atoms with Crippen molar-refractivity contribution in [3.8, 4) is 0 Å². The molecule has 4 heteroatoms. The van der Waals surface area contributed by atoms with Crippen molar-refractivity contribution in [2.75, 3.05) is 25.6 Å². The van der Waals surface area contributed by atoms with Gasteiger partial charge in [0.2, 0.25) is 0 Å². The van der Waals surface area contributed by atoms with Crippen molar-refractivity contribution in [2.45, 2.75) is 12.5 Å². The van der Waals surface area contributed by atoms with Crippen molar-refractivity contribution in [1.82, 2.24) is 0 Å². The number of halogens is 1. The van der Waals surface area contributed by atoms with Crippen LogP contribution in [-0.2, 0) is 6.42 Å². The molecule has 0 fully saturated rings. The van der Waals surface area contributed by atoms with Gasteiger partial charge in [-0.2, -0.15) is 0 Å². The Morgan fingerprint density at radius 3 is 2.60 bits per heavy atom. The lowest BCUT2D eigenvalue weighted by atomic mass is 10.1. The van der Waals surface area contributed by atoms with E-state index in [9.17, 15) is 4.39 Å². The third kappa shape index (κ3) is 3.18. The Morgan fingerprint density at radius 1 is 1.47 bits per heavy atom. The van der Waals surface area contributed by atoms with Gasteiger partial charge >= 0.3 is 0 Å². The molecule has 1 rings (SSSR count). The van der Waals surface area contributed by atoms with E-state index in [1.165, 1.54) is 6.07 Å². The number of anilines is 1. The Morgan fingerprint density at radius 2 is 2.13 bits per heavy atom. The minimum absolute atomic E-state index is 0.0863. The lowest BCUT2D eigenvalue weighted by Gasteiger charge is -2.15. The van der Waals surface area contributed by atoms with Crippen molar-refractivity contribution >= 4 is 5.69 Å². The number of aliphatic hydroxyl groups is 1. The van der Waals surface area contributed by atoms with Crippen molar-refractivity contribution in [1.29, 1.82) is 0 Å². The summed E-state index contributed by atoms with van der Waals surface area (Å²) in [6.07, 6.45) is 0.487. The van der Waals surface area contributed by atoms with Gasteiger partial charge < -0.3 is 15.7 Å². The lowest BCUT2D eigenvalue weighted by molar-refractivity contribution is 0.265. The van der Waals surface area contributed by atoms with Crippen LogP contribution in [0.2, 0.25) is 0 Å². The zero-order valence-corrected chi connectivity index (χ0v) is 9.07. The summed E-state index contributed by atoms with van der Waals surface area (Å²) >= 11 is 0. The van der Waals surface area contributed by atoms with Crippen molar-refractivity contribution < 1.29 is 9.50 Å². The molecule has 84 valence electrons. The average molecular weight is 212 g/mol. The SMILES string of the molecule is CN(C)c1ccc(CC(N)CO)cc1F. The number of nitrogens with zero attached hydrogens (tertiary/aromatic N) is 1. The molecule has 0 aliphatic carbocycles. The molecule has 1 aromatic carbocycles. The van der Waals surface area contributed by atoms with Gasteiger partial charge in [-0.05, 0) is 24.1 Å². The van der Waals surface area contributed by atoms with Crippen LogP contribution in [0.25, 0.3) is 0 Å². The highest BCUT2D eigenvalue weighted by molar-refractivity contribution is 5.47. The van der Waals surface area contributed by atoms with E-state index in [0.29, 0.717) is 12.1 Å². The first-order chi connectivity index (χ1) is 7.04. The molecule has 0 bridgehead atoms. The van der Waals surface area contributed by atoms with Gasteiger partial charge in [0.15, 0.2) is 0 Å². The average Bonchev–Trinajstić information content (AvgIpc) is 2.17. The Hall–Kier alpha value is -1.13. The van der Waals surface area contributed by atoms with Gasteiger partial charge in [0.25, 0.3) is 0 Å². The van der Waals surface area contributed by atoms with Crippen LogP contribution in [-0.4, -0.2) is 31.9 Å². The quantitative estimate of drug-likeness (QED) is 0.774. The van der Waals surface area contributed by atoms with Crippen LogP contribution in [0.5, 0.6) is 0 Å². The molecular formula is C11H17FN2O. The molecule has 0 aliphatic heterocycles. The molecule has 1 atom stereocenters. The summed E-state index contributed by atoms with van der Waals surface area (Å²) in [7, 11) is 3.58. The minimum Gasteiger partial charge on any atom is -0.395 e. The fraction of sp³-hybridized carbons (Fsp3) is 0.455. The fourth-order valence-corrected chi connectivity index (χ4v) is 1.41. The van der Waals surface area contributed by atoms with Gasteiger partial charge in [0, 0.05) is 20.1 Å². The van der Waals surface area contributed by atoms with Crippen LogP contribution in [0.4, 0.5) is 10.1 Å². The summed E-state index contributed by atoms with van der Waals surface area (Å²) in [5.41, 5.74) is 6.93. The highest BCUT2D eigenvalue weighted by atomic mass is 19.1. The van der Waals surface area contributed by atoms with Gasteiger partial charge in [0.05, 0.1) is 12.3 Å². The summed E-state index contributed by atoms with van der Waals surface area (Å²) in [4.78, 5) is 1.71. The monoisotopic (exact) mass is 212 g/mol. The maximum Gasteiger partial charge on any atom is 0.146 e. The first-order valence-corrected chi connectivity index (χ1v) is 4.86. The van der Waals surface area contributed by atoms with E-state index in [1.807, 2.05) is 6.07 Å². The molecular weight excluding hydrogens is 195 g/mol. The molecule has 1 aromatic rings. The Kier molecular flexibility index (Phi) is 4.05. The second-order valence-corrected chi connectivity index (χ2v) is 3.83. The molecule has 0 aromatic heterocycles. The van der Waals surface area contributed by atoms with Gasteiger partial charge in [-0.3, -0.25) is 0 Å². The summed E-state index contributed by atoms with van der Waals surface area (Å²) in [6.45, 7) is -0.0863. The molecule has 0 radical (unpaired) electrons. The summed E-state index contributed by atoms with van der Waals surface area (Å²) in [5, 5.41) is 8.78. The summed E-state index contributed by atoms with van der Waals surface area (Å²) < 4.78 is 13.5. The third-order valence-electron chi connectivity index (χ3n) is 2.23.